The molecule has 116 valence electrons. The zero-order chi connectivity index (χ0) is 16.1. The fourth-order valence-corrected chi connectivity index (χ4v) is 2.26. The Hall–Kier alpha value is -2.83. The molecule has 7 nitrogen and oxygen atoms in total. The molecule has 2 aromatic rings. The number of hydrogen-bond donors (Lipinski definition) is 3. The quantitative estimate of drug-likeness (QED) is 0.685. The lowest BCUT2D eigenvalue weighted by Gasteiger charge is -2.16. The smallest absolute Gasteiger partial charge is 0.242 e. The van der Waals surface area contributed by atoms with Gasteiger partial charge in [-0.2, -0.15) is 0 Å². The zero-order valence-electron chi connectivity index (χ0n) is 12.2. The molecule has 0 aliphatic carbocycles. The van der Waals surface area contributed by atoms with E-state index in [1.165, 1.54) is 7.05 Å². The van der Waals surface area contributed by atoms with Crippen LogP contribution in [0.3, 0.4) is 0 Å². The number of para-hydroxylation sites is 1. The van der Waals surface area contributed by atoms with Gasteiger partial charge in [-0.3, -0.25) is 14.4 Å². The lowest BCUT2D eigenvalue weighted by atomic mass is 10.2. The number of primary amides is 1. The predicted octanol–water partition coefficient (Wildman–Crippen LogP) is -0.252. The number of benzene rings is 1. The molecule has 0 fully saturated rings. The van der Waals surface area contributed by atoms with Gasteiger partial charge < -0.3 is 20.9 Å². The average molecular weight is 302 g/mol. The molecule has 1 aromatic carbocycles. The van der Waals surface area contributed by atoms with Crippen molar-refractivity contribution in [3.8, 4) is 0 Å². The number of likely N-dealkylation sites (N-methyl/N-ethyl adjacent to an activating group) is 1. The molecule has 0 unspecified atom stereocenters. The number of nitrogens with two attached hydrogens (primary N) is 1. The normalized spacial score (nSPS) is 11.9. The second kappa shape index (κ2) is 6.75. The van der Waals surface area contributed by atoms with Gasteiger partial charge in [0.1, 0.15) is 12.6 Å². The van der Waals surface area contributed by atoms with Crippen LogP contribution in [0.2, 0.25) is 0 Å². The molecule has 0 spiro atoms. The minimum absolute atomic E-state index is 0.0553. The second-order valence-electron chi connectivity index (χ2n) is 4.91. The van der Waals surface area contributed by atoms with Crippen molar-refractivity contribution in [2.24, 2.45) is 5.73 Å². The number of carbonyl (C=O) groups is 3. The highest BCUT2D eigenvalue weighted by atomic mass is 16.2. The average Bonchev–Trinajstić information content (AvgIpc) is 2.88. The van der Waals surface area contributed by atoms with E-state index in [0.29, 0.717) is 0 Å². The Morgan fingerprint density at radius 2 is 1.95 bits per heavy atom. The van der Waals surface area contributed by atoms with Crippen molar-refractivity contribution in [2.75, 3.05) is 7.05 Å². The molecular formula is C15H18N4O3. The molecule has 1 atom stereocenters. The fourth-order valence-electron chi connectivity index (χ4n) is 2.26. The van der Waals surface area contributed by atoms with Gasteiger partial charge in [-0.1, -0.05) is 18.2 Å². The minimum Gasteiger partial charge on any atom is -0.370 e. The summed E-state index contributed by atoms with van der Waals surface area (Å²) in [7, 11) is 1.43. The Morgan fingerprint density at radius 3 is 2.64 bits per heavy atom. The maximum atomic E-state index is 12.1. The highest BCUT2D eigenvalue weighted by molar-refractivity contribution is 5.92. The number of nitrogens with one attached hydrogen (secondary N) is 2. The van der Waals surface area contributed by atoms with Gasteiger partial charge in [0.25, 0.3) is 0 Å². The number of amides is 3. The summed E-state index contributed by atoms with van der Waals surface area (Å²) in [4.78, 5) is 34.7. The summed E-state index contributed by atoms with van der Waals surface area (Å²) < 4.78 is 1.77. The summed E-state index contributed by atoms with van der Waals surface area (Å²) >= 11 is 0. The van der Waals surface area contributed by atoms with Crippen molar-refractivity contribution in [1.29, 1.82) is 0 Å². The first-order chi connectivity index (χ1) is 10.5. The zero-order valence-corrected chi connectivity index (χ0v) is 12.2. The van der Waals surface area contributed by atoms with Crippen molar-refractivity contribution in [1.82, 2.24) is 15.2 Å². The highest BCUT2D eigenvalue weighted by Gasteiger charge is 2.21. The molecular weight excluding hydrogens is 284 g/mol. The van der Waals surface area contributed by atoms with E-state index in [0.717, 1.165) is 10.9 Å². The molecule has 0 radical (unpaired) electrons. The van der Waals surface area contributed by atoms with Crippen molar-refractivity contribution >= 4 is 28.6 Å². The Labute approximate surface area is 127 Å². The standard InChI is InChI=1S/C15H18N4O3/c1-17-15(22)11(8-13(16)20)18-14(21)9-19-7-6-10-4-2-3-5-12(10)19/h2-7,11H,8-9H2,1H3,(H2,16,20)(H,17,22)(H,18,21)/t11-/m0/s1. The number of aromatic nitrogens is 1. The van der Waals surface area contributed by atoms with Crippen LogP contribution < -0.4 is 16.4 Å². The van der Waals surface area contributed by atoms with Gasteiger partial charge in [0.2, 0.25) is 17.7 Å². The largest absolute Gasteiger partial charge is 0.370 e. The highest BCUT2D eigenvalue weighted by Crippen LogP contribution is 2.14. The van der Waals surface area contributed by atoms with E-state index in [1.54, 1.807) is 10.8 Å². The van der Waals surface area contributed by atoms with Gasteiger partial charge in [0.15, 0.2) is 0 Å². The molecule has 3 amide bonds. The Kier molecular flexibility index (Phi) is 4.77. The van der Waals surface area contributed by atoms with E-state index < -0.39 is 17.9 Å². The molecule has 0 aliphatic heterocycles. The molecule has 0 aliphatic rings. The molecule has 2 rings (SSSR count). The Bertz CT molecular complexity index is 708. The summed E-state index contributed by atoms with van der Waals surface area (Å²) in [6, 6.07) is 8.60. The number of rotatable bonds is 6. The molecule has 7 heteroatoms. The van der Waals surface area contributed by atoms with Crippen LogP contribution in [-0.4, -0.2) is 35.4 Å². The number of nitrogens with zero attached hydrogens (tertiary/aromatic N) is 1. The Morgan fingerprint density at radius 1 is 1.23 bits per heavy atom. The first kappa shape index (κ1) is 15.6. The van der Waals surface area contributed by atoms with E-state index in [9.17, 15) is 14.4 Å². The maximum absolute atomic E-state index is 12.1. The van der Waals surface area contributed by atoms with Crippen LogP contribution in [0.4, 0.5) is 0 Å². The maximum Gasteiger partial charge on any atom is 0.242 e. The molecule has 1 aromatic heterocycles. The lowest BCUT2D eigenvalue weighted by molar-refractivity contribution is -0.131. The molecule has 0 saturated heterocycles. The summed E-state index contributed by atoms with van der Waals surface area (Å²) in [5.74, 6) is -1.47. The van der Waals surface area contributed by atoms with Crippen LogP contribution in [0.15, 0.2) is 36.5 Å². The third-order valence-electron chi connectivity index (χ3n) is 3.30. The monoisotopic (exact) mass is 302 g/mol. The molecule has 0 bridgehead atoms. The number of fused-ring (bicyclic) bond motifs is 1. The summed E-state index contributed by atoms with van der Waals surface area (Å²) in [6.45, 7) is 0.0553. The second-order valence-corrected chi connectivity index (χ2v) is 4.91. The van der Waals surface area contributed by atoms with Crippen LogP contribution in [0.25, 0.3) is 10.9 Å². The summed E-state index contributed by atoms with van der Waals surface area (Å²) in [6.07, 6.45) is 1.56. The van der Waals surface area contributed by atoms with Gasteiger partial charge >= 0.3 is 0 Å². The predicted molar refractivity (Wildman–Crippen MR) is 81.7 cm³/mol. The molecule has 1 heterocycles. The van der Waals surface area contributed by atoms with Gasteiger partial charge in [0.05, 0.1) is 6.42 Å². The van der Waals surface area contributed by atoms with Crippen LogP contribution >= 0.6 is 0 Å². The third-order valence-corrected chi connectivity index (χ3v) is 3.30. The third kappa shape index (κ3) is 3.63. The van der Waals surface area contributed by atoms with Gasteiger partial charge in [-0.15, -0.1) is 0 Å². The van der Waals surface area contributed by atoms with Crippen LogP contribution in [0.5, 0.6) is 0 Å². The van der Waals surface area contributed by atoms with Crippen molar-refractivity contribution in [2.45, 2.75) is 19.0 Å². The Balaban J connectivity index is 2.07. The molecule has 0 saturated carbocycles. The van der Waals surface area contributed by atoms with E-state index >= 15 is 0 Å². The van der Waals surface area contributed by atoms with Crippen LogP contribution in [-0.2, 0) is 20.9 Å². The first-order valence-corrected chi connectivity index (χ1v) is 6.84. The topological polar surface area (TPSA) is 106 Å². The SMILES string of the molecule is CNC(=O)[C@H](CC(N)=O)NC(=O)Cn1ccc2ccccc21. The summed E-state index contributed by atoms with van der Waals surface area (Å²) in [5, 5.41) is 5.95. The number of hydrogen-bond acceptors (Lipinski definition) is 3. The van der Waals surface area contributed by atoms with E-state index in [4.69, 9.17) is 5.73 Å². The fraction of sp³-hybridized carbons (Fsp3) is 0.267. The summed E-state index contributed by atoms with van der Waals surface area (Å²) in [5.41, 5.74) is 6.02. The van der Waals surface area contributed by atoms with Gasteiger partial charge in [0, 0.05) is 18.8 Å². The van der Waals surface area contributed by atoms with Crippen LogP contribution in [0.1, 0.15) is 6.42 Å². The van der Waals surface area contributed by atoms with Crippen molar-refractivity contribution in [3.63, 3.8) is 0 Å². The molecule has 4 N–H and O–H groups in total. The lowest BCUT2D eigenvalue weighted by Crippen LogP contribution is -2.48. The minimum atomic E-state index is -0.961. The van der Waals surface area contributed by atoms with E-state index in [1.807, 2.05) is 30.3 Å². The van der Waals surface area contributed by atoms with Crippen LogP contribution in [0, 0.1) is 0 Å². The number of carbonyl (C=O) groups excluding carboxylic acids is 3. The molecule has 22 heavy (non-hydrogen) atoms. The van der Waals surface area contributed by atoms with E-state index in [-0.39, 0.29) is 18.9 Å². The van der Waals surface area contributed by atoms with E-state index in [2.05, 4.69) is 10.6 Å². The van der Waals surface area contributed by atoms with Gasteiger partial charge in [-0.05, 0) is 17.5 Å². The first-order valence-electron chi connectivity index (χ1n) is 6.84. The van der Waals surface area contributed by atoms with Crippen molar-refractivity contribution in [3.05, 3.63) is 36.5 Å². The van der Waals surface area contributed by atoms with Crippen molar-refractivity contribution < 1.29 is 14.4 Å². The van der Waals surface area contributed by atoms with Gasteiger partial charge in [-0.25, -0.2) is 0 Å².